The van der Waals surface area contributed by atoms with Crippen LogP contribution in [0.1, 0.15) is 0 Å². The molecule has 0 aliphatic carbocycles. The van der Waals surface area contributed by atoms with Crippen LogP contribution in [0.5, 0.6) is 0 Å². The molecule has 13 nitrogen and oxygen atoms in total. The standard InChI is InChI=1S/13H2O.5V/h13*1H2;;;;;. The fraction of sp³-hybridized carbons (Fsp3) is 0. The van der Waals surface area contributed by atoms with Crippen LogP contribution in [-0.2, 0) is 92.8 Å². The molecule has 0 fully saturated rings. The topological polar surface area (TPSA) is 410 Å². The van der Waals surface area contributed by atoms with Gasteiger partial charge in [-0.3, -0.25) is 0 Å². The summed E-state index contributed by atoms with van der Waals surface area (Å²) in [5.74, 6) is 0. The summed E-state index contributed by atoms with van der Waals surface area (Å²) in [4.78, 5) is 0. The van der Waals surface area contributed by atoms with Gasteiger partial charge in [0.05, 0.1) is 0 Å². The molecule has 0 unspecified atom stereocenters. The fourth-order valence-corrected chi connectivity index (χ4v) is 0. The number of hydrogen-bond acceptors (Lipinski definition) is 0. The first-order valence-corrected chi connectivity index (χ1v) is 0. The van der Waals surface area contributed by atoms with Crippen LogP contribution >= 0.6 is 0 Å². The Hall–Kier alpha value is 2.40. The molecule has 0 saturated heterocycles. The normalized spacial score (nSPS) is 0. The smallest absolute Gasteiger partial charge is 0 e. The van der Waals surface area contributed by atoms with Crippen LogP contribution in [0.2, 0.25) is 0 Å². The van der Waals surface area contributed by atoms with E-state index in [2.05, 4.69) is 0 Å². The maximum absolute atomic E-state index is 0. The van der Waals surface area contributed by atoms with Crippen LogP contribution in [0.4, 0.5) is 0 Å². The zero-order valence-corrected chi connectivity index (χ0v) is 15.7. The Morgan fingerprint density at radius 1 is 0.111 bits per heavy atom. The van der Waals surface area contributed by atoms with Gasteiger partial charge in [-0.1, -0.05) is 0 Å². The first-order chi connectivity index (χ1) is 0. The summed E-state index contributed by atoms with van der Waals surface area (Å²) >= 11 is 0. The van der Waals surface area contributed by atoms with E-state index in [1.54, 1.807) is 0 Å². The van der Waals surface area contributed by atoms with Gasteiger partial charge in [0.2, 0.25) is 0 Å². The molecule has 0 saturated carbocycles. The van der Waals surface area contributed by atoms with Crippen molar-refractivity contribution < 1.29 is 164 Å². The Bertz CT molecular complexity index is 15.3. The van der Waals surface area contributed by atoms with Crippen LogP contribution in [0, 0.1) is 0 Å². The molecule has 5 radical (unpaired) electrons. The minimum absolute atomic E-state index is 0. The summed E-state index contributed by atoms with van der Waals surface area (Å²) in [5.41, 5.74) is 0. The second-order valence-electron chi connectivity index (χ2n) is 0. The largest absolute Gasteiger partial charge is 0.412 e. The molecule has 0 aromatic heterocycles. The summed E-state index contributed by atoms with van der Waals surface area (Å²) in [6.45, 7) is 0. The van der Waals surface area contributed by atoms with Gasteiger partial charge in [0.15, 0.2) is 0 Å². The maximum Gasteiger partial charge on any atom is 0 e. The van der Waals surface area contributed by atoms with E-state index in [0.717, 1.165) is 0 Å². The van der Waals surface area contributed by atoms with E-state index in [1.165, 1.54) is 0 Å². The first-order valence-electron chi connectivity index (χ1n) is 0. The zero-order valence-electron chi connectivity index (χ0n) is 8.74. The molecule has 0 bridgehead atoms. The van der Waals surface area contributed by atoms with Crippen molar-refractivity contribution in [2.75, 3.05) is 0 Å². The maximum atomic E-state index is 0. The summed E-state index contributed by atoms with van der Waals surface area (Å²) in [7, 11) is 0. The third kappa shape index (κ3) is 966. The fourth-order valence-electron chi connectivity index (χ4n) is 0. The van der Waals surface area contributed by atoms with Gasteiger partial charge in [-0.2, -0.15) is 0 Å². The van der Waals surface area contributed by atoms with Crippen molar-refractivity contribution in [1.29, 1.82) is 0 Å². The third-order valence-corrected chi connectivity index (χ3v) is 0. The quantitative estimate of drug-likeness (QED) is 0.306. The predicted molar refractivity (Wildman–Crippen MR) is 47.0 cm³/mol. The molecule has 129 valence electrons. The zero-order chi connectivity index (χ0) is 0. The van der Waals surface area contributed by atoms with Crippen LogP contribution < -0.4 is 0 Å². The average molecular weight is 489 g/mol. The van der Waals surface area contributed by atoms with Crippen molar-refractivity contribution >= 4 is 0 Å². The van der Waals surface area contributed by atoms with Crippen molar-refractivity contribution in [3.05, 3.63) is 0 Å². The molecule has 0 atom stereocenters. The van der Waals surface area contributed by atoms with Crippen LogP contribution in [0.25, 0.3) is 0 Å². The Balaban J connectivity index is 0. The minimum atomic E-state index is 0. The molecule has 0 heterocycles. The van der Waals surface area contributed by atoms with Crippen molar-refractivity contribution in [1.82, 2.24) is 0 Å². The van der Waals surface area contributed by atoms with Crippen molar-refractivity contribution in [3.8, 4) is 0 Å². The molecule has 0 amide bonds. The van der Waals surface area contributed by atoms with E-state index in [1.807, 2.05) is 0 Å². The minimum Gasteiger partial charge on any atom is -0.412 e. The van der Waals surface area contributed by atoms with Crippen LogP contribution in [-0.4, -0.2) is 71.2 Å². The molecule has 0 rings (SSSR count). The van der Waals surface area contributed by atoms with E-state index < -0.39 is 0 Å². The molecule has 26 N–H and O–H groups in total. The van der Waals surface area contributed by atoms with Gasteiger partial charge in [-0.25, -0.2) is 0 Å². The second-order valence-corrected chi connectivity index (χ2v) is 0. The summed E-state index contributed by atoms with van der Waals surface area (Å²) in [6, 6.07) is 0. The van der Waals surface area contributed by atoms with Crippen molar-refractivity contribution in [3.63, 3.8) is 0 Å². The summed E-state index contributed by atoms with van der Waals surface area (Å²) in [5, 5.41) is 0. The van der Waals surface area contributed by atoms with Gasteiger partial charge >= 0.3 is 0 Å². The Kier molecular flexibility index (Phi) is 84200. The molecule has 18 heavy (non-hydrogen) atoms. The SMILES string of the molecule is O.O.O.O.O.O.O.O.O.O.O.O.O.[V].[V].[V].[V].[V]. The molecule has 0 aromatic rings. The van der Waals surface area contributed by atoms with E-state index in [0.29, 0.717) is 0 Å². The molecule has 0 aliphatic rings. The second kappa shape index (κ2) is 1140. The number of rotatable bonds is 0. The molecule has 0 aromatic carbocycles. The van der Waals surface area contributed by atoms with Gasteiger partial charge in [0, 0.05) is 92.8 Å². The monoisotopic (exact) mass is 489 g/mol. The Morgan fingerprint density at radius 2 is 0.111 bits per heavy atom. The third-order valence-electron chi connectivity index (χ3n) is 0. The average Bonchev–Trinajstić information content (AvgIpc) is 0. The molecular formula is H26O13V5. The summed E-state index contributed by atoms with van der Waals surface area (Å²) in [6.07, 6.45) is 0. The van der Waals surface area contributed by atoms with Crippen molar-refractivity contribution in [2.45, 2.75) is 0 Å². The molecule has 0 aliphatic heterocycles. The van der Waals surface area contributed by atoms with Crippen LogP contribution in [0.15, 0.2) is 0 Å². The van der Waals surface area contributed by atoms with E-state index in [4.69, 9.17) is 0 Å². The Morgan fingerprint density at radius 3 is 0.111 bits per heavy atom. The van der Waals surface area contributed by atoms with Gasteiger partial charge in [0.1, 0.15) is 0 Å². The predicted octanol–water partition coefficient (Wildman–Crippen LogP) is -10.7. The number of hydrogen-bond donors (Lipinski definition) is 0. The summed E-state index contributed by atoms with van der Waals surface area (Å²) < 4.78 is 0. The van der Waals surface area contributed by atoms with Gasteiger partial charge in [-0.05, 0) is 0 Å². The van der Waals surface area contributed by atoms with E-state index in [9.17, 15) is 0 Å². The molecule has 0 spiro atoms. The van der Waals surface area contributed by atoms with Gasteiger partial charge in [0.25, 0.3) is 0 Å². The van der Waals surface area contributed by atoms with Gasteiger partial charge in [-0.15, -0.1) is 0 Å². The molecular weight excluding hydrogens is 463 g/mol. The first kappa shape index (κ1) is 1330. The van der Waals surface area contributed by atoms with Crippen molar-refractivity contribution in [2.24, 2.45) is 0 Å². The Labute approximate surface area is 163 Å². The van der Waals surface area contributed by atoms with E-state index in [-0.39, 0.29) is 164 Å². The van der Waals surface area contributed by atoms with Crippen LogP contribution in [0.3, 0.4) is 0 Å². The van der Waals surface area contributed by atoms with Gasteiger partial charge < -0.3 is 71.2 Å². The molecule has 18 heteroatoms. The van der Waals surface area contributed by atoms with E-state index >= 15 is 0 Å².